The third-order valence-corrected chi connectivity index (χ3v) is 6.63. The van der Waals surface area contributed by atoms with E-state index < -0.39 is 10.0 Å². The first kappa shape index (κ1) is 21.9. The van der Waals surface area contributed by atoms with E-state index in [0.717, 1.165) is 22.2 Å². The number of benzene rings is 3. The molecule has 0 saturated carbocycles. The minimum Gasteiger partial charge on any atom is -0.497 e. The number of rotatable bonds is 7. The fraction of sp³-hybridized carbons (Fsp3) is 0.125. The number of hydrogen-bond acceptors (Lipinski definition) is 4. The summed E-state index contributed by atoms with van der Waals surface area (Å²) < 4.78 is 33.8. The van der Waals surface area contributed by atoms with Crippen molar-refractivity contribution in [3.05, 3.63) is 95.1 Å². The molecule has 0 spiro atoms. The van der Waals surface area contributed by atoms with Crippen LogP contribution in [0.25, 0.3) is 10.9 Å². The van der Waals surface area contributed by atoms with Gasteiger partial charge in [0.15, 0.2) is 0 Å². The van der Waals surface area contributed by atoms with Crippen LogP contribution in [0.15, 0.2) is 88.9 Å². The van der Waals surface area contributed by atoms with E-state index in [9.17, 15) is 8.42 Å². The van der Waals surface area contributed by atoms with E-state index in [1.807, 2.05) is 54.7 Å². The number of nitrogens with one attached hydrogen (secondary N) is 2. The van der Waals surface area contributed by atoms with Crippen molar-refractivity contribution in [2.75, 3.05) is 13.7 Å². The van der Waals surface area contributed by atoms with E-state index in [0.29, 0.717) is 23.6 Å². The standard InChI is InChI=1S/C24H22ClN3O3S/c1-31-20-9-12-23-22(15-20)18(16-27-23)13-14-26-24(17-5-3-2-4-6-17)28-32(29,30)21-10-7-19(25)8-11-21/h2-12,15-16,27H,13-14H2,1H3,(H,26,28). The molecule has 0 fully saturated rings. The highest BCUT2D eigenvalue weighted by Gasteiger charge is 2.17. The van der Waals surface area contributed by atoms with Crippen LogP contribution in [0.3, 0.4) is 0 Å². The average Bonchev–Trinajstić information content (AvgIpc) is 3.21. The second-order valence-corrected chi connectivity index (χ2v) is 9.25. The molecular formula is C24H22ClN3O3S. The zero-order chi connectivity index (χ0) is 22.6. The first-order valence-corrected chi connectivity index (χ1v) is 11.8. The molecule has 8 heteroatoms. The summed E-state index contributed by atoms with van der Waals surface area (Å²) in [6.07, 6.45) is 2.58. The number of sulfonamides is 1. The van der Waals surface area contributed by atoms with Gasteiger partial charge >= 0.3 is 0 Å². The Kier molecular flexibility index (Phi) is 6.48. The van der Waals surface area contributed by atoms with Gasteiger partial charge in [-0.25, -0.2) is 8.42 Å². The number of ether oxygens (including phenoxy) is 1. The summed E-state index contributed by atoms with van der Waals surface area (Å²) in [5.74, 6) is 1.07. The largest absolute Gasteiger partial charge is 0.497 e. The summed E-state index contributed by atoms with van der Waals surface area (Å²) in [5.41, 5.74) is 2.78. The number of nitrogens with zero attached hydrogens (tertiary/aromatic N) is 1. The Morgan fingerprint density at radius 1 is 1.06 bits per heavy atom. The number of hydrogen-bond donors (Lipinski definition) is 2. The first-order chi connectivity index (χ1) is 15.5. The lowest BCUT2D eigenvalue weighted by molar-refractivity contribution is 0.415. The Morgan fingerprint density at radius 2 is 1.81 bits per heavy atom. The van der Waals surface area contributed by atoms with Crippen molar-refractivity contribution in [2.24, 2.45) is 4.99 Å². The van der Waals surface area contributed by atoms with Crippen molar-refractivity contribution in [1.82, 2.24) is 9.71 Å². The van der Waals surface area contributed by atoms with Gasteiger partial charge in [0.25, 0.3) is 10.0 Å². The number of methoxy groups -OCH3 is 1. The molecule has 0 aliphatic carbocycles. The minimum absolute atomic E-state index is 0.120. The molecule has 0 atom stereocenters. The quantitative estimate of drug-likeness (QED) is 0.302. The Morgan fingerprint density at radius 3 is 2.53 bits per heavy atom. The van der Waals surface area contributed by atoms with Gasteiger partial charge in [0.05, 0.1) is 12.0 Å². The summed E-state index contributed by atoms with van der Waals surface area (Å²) in [6, 6.07) is 21.1. The Balaban J connectivity index is 1.59. The molecule has 164 valence electrons. The lowest BCUT2D eigenvalue weighted by Crippen LogP contribution is -2.31. The van der Waals surface area contributed by atoms with Crippen LogP contribution >= 0.6 is 11.6 Å². The summed E-state index contributed by atoms with van der Waals surface area (Å²) in [5, 5.41) is 1.53. The highest BCUT2D eigenvalue weighted by molar-refractivity contribution is 7.90. The Labute approximate surface area is 192 Å². The van der Waals surface area contributed by atoms with Crippen molar-refractivity contribution in [1.29, 1.82) is 0 Å². The van der Waals surface area contributed by atoms with Crippen LogP contribution in [-0.2, 0) is 16.4 Å². The first-order valence-electron chi connectivity index (χ1n) is 9.98. The van der Waals surface area contributed by atoms with Crippen LogP contribution in [0.2, 0.25) is 5.02 Å². The molecule has 0 unspecified atom stereocenters. The van der Waals surface area contributed by atoms with E-state index in [1.54, 1.807) is 19.2 Å². The van der Waals surface area contributed by atoms with Crippen molar-refractivity contribution in [2.45, 2.75) is 11.3 Å². The van der Waals surface area contributed by atoms with Crippen LogP contribution in [0.1, 0.15) is 11.1 Å². The summed E-state index contributed by atoms with van der Waals surface area (Å²) in [7, 11) is -2.18. The maximum Gasteiger partial charge on any atom is 0.263 e. The molecular weight excluding hydrogens is 446 g/mol. The second kappa shape index (κ2) is 9.46. The van der Waals surface area contributed by atoms with Gasteiger partial charge in [-0.1, -0.05) is 41.9 Å². The molecule has 0 bridgehead atoms. The Bertz CT molecular complexity index is 1350. The summed E-state index contributed by atoms with van der Waals surface area (Å²) >= 11 is 5.89. The van der Waals surface area contributed by atoms with Gasteiger partial charge in [-0.3, -0.25) is 9.71 Å². The predicted molar refractivity (Wildman–Crippen MR) is 128 cm³/mol. The van der Waals surface area contributed by atoms with E-state index in [2.05, 4.69) is 14.7 Å². The van der Waals surface area contributed by atoms with Gasteiger partial charge in [-0.15, -0.1) is 0 Å². The number of halogens is 1. The third kappa shape index (κ3) is 4.95. The lowest BCUT2D eigenvalue weighted by atomic mass is 10.1. The van der Waals surface area contributed by atoms with E-state index in [4.69, 9.17) is 16.3 Å². The lowest BCUT2D eigenvalue weighted by Gasteiger charge is -2.12. The maximum absolute atomic E-state index is 12.9. The fourth-order valence-electron chi connectivity index (χ4n) is 3.36. The van der Waals surface area contributed by atoms with Crippen LogP contribution in [0, 0.1) is 0 Å². The molecule has 2 N–H and O–H groups in total. The number of aromatic nitrogens is 1. The molecule has 0 amide bonds. The minimum atomic E-state index is -3.81. The number of aromatic amines is 1. The van der Waals surface area contributed by atoms with Crippen molar-refractivity contribution < 1.29 is 13.2 Å². The molecule has 4 rings (SSSR count). The topological polar surface area (TPSA) is 83.5 Å². The molecule has 1 heterocycles. The van der Waals surface area contributed by atoms with Gasteiger partial charge in [-0.2, -0.15) is 0 Å². The van der Waals surface area contributed by atoms with Crippen molar-refractivity contribution in [3.8, 4) is 5.75 Å². The molecule has 6 nitrogen and oxygen atoms in total. The molecule has 0 aliphatic heterocycles. The SMILES string of the molecule is COc1ccc2[nH]cc(CCN=C(NS(=O)(=O)c3ccc(Cl)cc3)c3ccccc3)c2c1. The van der Waals surface area contributed by atoms with Gasteiger partial charge in [0.2, 0.25) is 0 Å². The molecule has 4 aromatic rings. The predicted octanol–water partition coefficient (Wildman–Crippen LogP) is 4.80. The number of aliphatic imine (C=N–C) groups is 1. The molecule has 0 aliphatic rings. The zero-order valence-electron chi connectivity index (χ0n) is 17.4. The number of amidine groups is 1. The van der Waals surface area contributed by atoms with Gasteiger partial charge in [0.1, 0.15) is 11.6 Å². The number of fused-ring (bicyclic) bond motifs is 1. The van der Waals surface area contributed by atoms with Crippen LogP contribution < -0.4 is 9.46 Å². The normalized spacial score (nSPS) is 12.1. The van der Waals surface area contributed by atoms with E-state index >= 15 is 0 Å². The monoisotopic (exact) mass is 467 g/mol. The van der Waals surface area contributed by atoms with Crippen molar-refractivity contribution >= 4 is 38.4 Å². The van der Waals surface area contributed by atoms with E-state index in [1.165, 1.54) is 12.1 Å². The molecule has 0 saturated heterocycles. The zero-order valence-corrected chi connectivity index (χ0v) is 19.0. The average molecular weight is 468 g/mol. The van der Waals surface area contributed by atoms with Gasteiger partial charge in [-0.05, 0) is 54.4 Å². The van der Waals surface area contributed by atoms with Crippen LogP contribution in [-0.4, -0.2) is 32.9 Å². The molecule has 1 aromatic heterocycles. The highest BCUT2D eigenvalue weighted by atomic mass is 35.5. The molecule has 3 aromatic carbocycles. The molecule has 0 radical (unpaired) electrons. The third-order valence-electron chi connectivity index (χ3n) is 5.03. The fourth-order valence-corrected chi connectivity index (χ4v) is 4.53. The Hall–Kier alpha value is -3.29. The smallest absolute Gasteiger partial charge is 0.263 e. The van der Waals surface area contributed by atoms with Crippen LogP contribution in [0.4, 0.5) is 0 Å². The highest BCUT2D eigenvalue weighted by Crippen LogP contribution is 2.24. The van der Waals surface area contributed by atoms with E-state index in [-0.39, 0.29) is 10.7 Å². The summed E-state index contributed by atoms with van der Waals surface area (Å²) in [4.78, 5) is 7.97. The number of H-pyrrole nitrogens is 1. The maximum atomic E-state index is 12.9. The van der Waals surface area contributed by atoms with Gasteiger partial charge in [0, 0.05) is 34.2 Å². The van der Waals surface area contributed by atoms with Crippen molar-refractivity contribution in [3.63, 3.8) is 0 Å². The van der Waals surface area contributed by atoms with Gasteiger partial charge < -0.3 is 9.72 Å². The van der Waals surface area contributed by atoms with Crippen LogP contribution in [0.5, 0.6) is 5.75 Å². The molecule has 32 heavy (non-hydrogen) atoms. The summed E-state index contributed by atoms with van der Waals surface area (Å²) in [6.45, 7) is 0.400. The second-order valence-electron chi connectivity index (χ2n) is 7.13.